The van der Waals surface area contributed by atoms with E-state index < -0.39 is 30.5 Å². The maximum absolute atomic E-state index is 13.0. The predicted octanol–water partition coefficient (Wildman–Crippen LogP) is 3.87. The summed E-state index contributed by atoms with van der Waals surface area (Å²) in [5.74, 6) is -1.97. The molecule has 1 fully saturated rings. The molecule has 1 aliphatic heterocycles. The number of para-hydroxylation sites is 2. The van der Waals surface area contributed by atoms with Crippen molar-refractivity contribution in [3.05, 3.63) is 66.2 Å². The highest BCUT2D eigenvalue weighted by molar-refractivity contribution is 6.08. The van der Waals surface area contributed by atoms with E-state index in [2.05, 4.69) is 16.1 Å². The van der Waals surface area contributed by atoms with Gasteiger partial charge in [-0.2, -0.15) is 13.2 Å². The Balaban J connectivity index is 1.52. The number of halogens is 3. The zero-order valence-electron chi connectivity index (χ0n) is 17.4. The first-order valence-corrected chi connectivity index (χ1v) is 10.3. The average molecular weight is 458 g/mol. The summed E-state index contributed by atoms with van der Waals surface area (Å²) in [6.45, 7) is -1.25. The Labute approximate surface area is 187 Å². The minimum absolute atomic E-state index is 0.120. The molecule has 0 bridgehead atoms. The van der Waals surface area contributed by atoms with Crippen molar-refractivity contribution in [3.8, 4) is 0 Å². The van der Waals surface area contributed by atoms with Crippen LogP contribution < -0.4 is 21.1 Å². The fraction of sp³-hybridized carbons (Fsp3) is 0.261. The van der Waals surface area contributed by atoms with E-state index in [1.807, 2.05) is 12.2 Å². The van der Waals surface area contributed by atoms with Gasteiger partial charge in [0.25, 0.3) is 5.91 Å². The van der Waals surface area contributed by atoms with Gasteiger partial charge in [-0.15, -0.1) is 0 Å². The molecule has 3 amide bonds. The zero-order chi connectivity index (χ0) is 23.6. The fourth-order valence-corrected chi connectivity index (χ4v) is 3.91. The number of fused-ring (bicyclic) bond motifs is 1. The Morgan fingerprint density at radius 1 is 1.00 bits per heavy atom. The van der Waals surface area contributed by atoms with Crippen molar-refractivity contribution in [2.75, 3.05) is 22.2 Å². The fourth-order valence-electron chi connectivity index (χ4n) is 3.91. The molecule has 10 heteroatoms. The number of carbonyl (C=O) groups excluding carboxylic acids is 3. The number of amides is 3. The van der Waals surface area contributed by atoms with Crippen molar-refractivity contribution >= 4 is 34.8 Å². The number of alkyl halides is 3. The standard InChI is InChI=1S/C23H21F3N4O3/c24-23(25,26)13-27-18-10-3-4-11-19(18)28-20(31)14-6-5-7-15(12-14)30-22(33)17-9-2-1-8-16(17)21(32)29-30/h1-7,10-12,16-17,27H,8-9,13H2,(H,28,31)(H,29,32). The predicted molar refractivity (Wildman–Crippen MR) is 116 cm³/mol. The van der Waals surface area contributed by atoms with Gasteiger partial charge in [0.15, 0.2) is 0 Å². The topological polar surface area (TPSA) is 90.5 Å². The highest BCUT2D eigenvalue weighted by atomic mass is 19.4. The van der Waals surface area contributed by atoms with E-state index in [9.17, 15) is 27.6 Å². The summed E-state index contributed by atoms with van der Waals surface area (Å²) in [6.07, 6.45) is 0.319. The van der Waals surface area contributed by atoms with Crippen LogP contribution in [0.3, 0.4) is 0 Å². The summed E-state index contributed by atoms with van der Waals surface area (Å²) in [5.41, 5.74) is 3.39. The molecule has 2 aromatic carbocycles. The van der Waals surface area contributed by atoms with Crippen LogP contribution in [0.2, 0.25) is 0 Å². The number of hydrazine groups is 1. The van der Waals surface area contributed by atoms with Gasteiger partial charge >= 0.3 is 6.18 Å². The van der Waals surface area contributed by atoms with Crippen LogP contribution in [0.25, 0.3) is 0 Å². The van der Waals surface area contributed by atoms with E-state index in [4.69, 9.17) is 0 Å². The smallest absolute Gasteiger partial charge is 0.375 e. The van der Waals surface area contributed by atoms with Crippen LogP contribution in [-0.4, -0.2) is 30.4 Å². The number of nitrogens with zero attached hydrogens (tertiary/aromatic N) is 1. The van der Waals surface area contributed by atoms with Gasteiger partial charge in [0.05, 0.1) is 28.9 Å². The molecular formula is C23H21F3N4O3. The Morgan fingerprint density at radius 3 is 2.42 bits per heavy atom. The third-order valence-corrected chi connectivity index (χ3v) is 5.55. The molecule has 0 aromatic heterocycles. The first kappa shape index (κ1) is 22.4. The number of carbonyl (C=O) groups is 3. The lowest BCUT2D eigenvalue weighted by Crippen LogP contribution is -2.59. The minimum atomic E-state index is -4.41. The number of hydrogen-bond donors (Lipinski definition) is 3. The Morgan fingerprint density at radius 2 is 1.70 bits per heavy atom. The summed E-state index contributed by atoms with van der Waals surface area (Å²) in [6, 6.07) is 12.1. The molecular weight excluding hydrogens is 437 g/mol. The summed E-state index contributed by atoms with van der Waals surface area (Å²) in [4.78, 5) is 38.2. The summed E-state index contributed by atoms with van der Waals surface area (Å²) < 4.78 is 37.7. The Hall–Kier alpha value is -3.82. The van der Waals surface area contributed by atoms with Crippen LogP contribution in [0.4, 0.5) is 30.2 Å². The second-order valence-electron chi connectivity index (χ2n) is 7.82. The van der Waals surface area contributed by atoms with Crippen molar-refractivity contribution in [3.63, 3.8) is 0 Å². The molecule has 0 radical (unpaired) electrons. The van der Waals surface area contributed by atoms with Gasteiger partial charge in [0.2, 0.25) is 11.8 Å². The zero-order valence-corrected chi connectivity index (χ0v) is 17.4. The van der Waals surface area contributed by atoms with Gasteiger partial charge in [-0.1, -0.05) is 30.4 Å². The van der Waals surface area contributed by atoms with Crippen LogP contribution in [0.15, 0.2) is 60.7 Å². The first-order valence-electron chi connectivity index (χ1n) is 10.3. The lowest BCUT2D eigenvalue weighted by Gasteiger charge is -2.38. The van der Waals surface area contributed by atoms with E-state index >= 15 is 0 Å². The van der Waals surface area contributed by atoms with Crippen LogP contribution >= 0.6 is 0 Å². The molecule has 1 heterocycles. The molecule has 0 saturated carbocycles. The van der Waals surface area contributed by atoms with E-state index in [1.165, 1.54) is 24.3 Å². The molecule has 2 atom stereocenters. The van der Waals surface area contributed by atoms with Crippen molar-refractivity contribution in [1.29, 1.82) is 0 Å². The summed E-state index contributed by atoms with van der Waals surface area (Å²) in [7, 11) is 0. The highest BCUT2D eigenvalue weighted by Crippen LogP contribution is 2.32. The monoisotopic (exact) mass is 458 g/mol. The number of nitrogens with one attached hydrogen (secondary N) is 3. The summed E-state index contributed by atoms with van der Waals surface area (Å²) >= 11 is 0. The molecule has 1 aliphatic carbocycles. The number of anilines is 3. The number of allylic oxidation sites excluding steroid dienone is 2. The van der Waals surface area contributed by atoms with E-state index in [0.717, 1.165) is 5.01 Å². The molecule has 0 spiro atoms. The third-order valence-electron chi connectivity index (χ3n) is 5.55. The van der Waals surface area contributed by atoms with Gasteiger partial charge in [-0.3, -0.25) is 19.8 Å². The average Bonchev–Trinajstić information content (AvgIpc) is 2.80. The van der Waals surface area contributed by atoms with Crippen LogP contribution in [-0.2, 0) is 9.59 Å². The number of rotatable bonds is 5. The van der Waals surface area contributed by atoms with Crippen LogP contribution in [0.5, 0.6) is 0 Å². The van der Waals surface area contributed by atoms with Gasteiger partial charge in [0, 0.05) is 5.56 Å². The van der Waals surface area contributed by atoms with Crippen molar-refractivity contribution in [1.82, 2.24) is 5.43 Å². The second-order valence-corrected chi connectivity index (χ2v) is 7.82. The maximum atomic E-state index is 13.0. The molecule has 2 unspecified atom stereocenters. The van der Waals surface area contributed by atoms with Crippen molar-refractivity contribution < 1.29 is 27.6 Å². The molecule has 3 N–H and O–H groups in total. The highest BCUT2D eigenvalue weighted by Gasteiger charge is 2.42. The minimum Gasteiger partial charge on any atom is -0.375 e. The SMILES string of the molecule is O=C(Nc1ccccc1NCC(F)(F)F)c1cccc(N2NC(=O)C3CC=CCC3C2=O)c1. The quantitative estimate of drug-likeness (QED) is 0.594. The molecule has 1 saturated heterocycles. The molecule has 2 aromatic rings. The lowest BCUT2D eigenvalue weighted by atomic mass is 9.80. The third kappa shape index (κ3) is 5.00. The normalized spacial score (nSPS) is 20.2. The van der Waals surface area contributed by atoms with Gasteiger partial charge in [0.1, 0.15) is 6.54 Å². The van der Waals surface area contributed by atoms with E-state index in [0.29, 0.717) is 18.5 Å². The molecule has 4 rings (SSSR count). The van der Waals surface area contributed by atoms with Gasteiger partial charge in [-0.25, -0.2) is 5.01 Å². The Bertz CT molecular complexity index is 1120. The van der Waals surface area contributed by atoms with Crippen LogP contribution in [0, 0.1) is 11.8 Å². The molecule has 172 valence electrons. The largest absolute Gasteiger partial charge is 0.405 e. The maximum Gasteiger partial charge on any atom is 0.405 e. The van der Waals surface area contributed by atoms with Crippen molar-refractivity contribution in [2.45, 2.75) is 19.0 Å². The lowest BCUT2D eigenvalue weighted by molar-refractivity contribution is -0.139. The van der Waals surface area contributed by atoms with E-state index in [-0.39, 0.29) is 28.8 Å². The van der Waals surface area contributed by atoms with Crippen molar-refractivity contribution in [2.24, 2.45) is 11.8 Å². The molecule has 2 aliphatic rings. The first-order chi connectivity index (χ1) is 15.7. The van der Waals surface area contributed by atoms with E-state index in [1.54, 1.807) is 24.3 Å². The Kier molecular flexibility index (Phi) is 6.08. The summed E-state index contributed by atoms with van der Waals surface area (Å²) in [5, 5.41) is 6.01. The van der Waals surface area contributed by atoms with Gasteiger partial charge in [-0.05, 0) is 43.2 Å². The van der Waals surface area contributed by atoms with Crippen LogP contribution in [0.1, 0.15) is 23.2 Å². The molecule has 33 heavy (non-hydrogen) atoms. The number of hydrogen-bond acceptors (Lipinski definition) is 4. The van der Waals surface area contributed by atoms with Gasteiger partial charge < -0.3 is 10.6 Å². The number of benzene rings is 2. The molecule has 7 nitrogen and oxygen atoms in total. The second kappa shape index (κ2) is 8.97.